The Hall–Kier alpha value is -1.75. The van der Waals surface area contributed by atoms with E-state index in [9.17, 15) is 5.11 Å². The molecule has 1 N–H and O–H groups in total. The van der Waals surface area contributed by atoms with Gasteiger partial charge in [0.25, 0.3) is 0 Å². The van der Waals surface area contributed by atoms with Crippen LogP contribution in [0.4, 0.5) is 11.4 Å². The van der Waals surface area contributed by atoms with Crippen LogP contribution in [0.1, 0.15) is 30.4 Å². The first-order chi connectivity index (χ1) is 14.4. The number of likely N-dealkylation sites (tertiary alicyclic amines) is 1. The highest BCUT2D eigenvalue weighted by Gasteiger charge is 2.41. The second-order valence-electron chi connectivity index (χ2n) is 8.81. The Labute approximate surface area is 187 Å². The van der Waals surface area contributed by atoms with Crippen molar-refractivity contribution in [2.24, 2.45) is 5.92 Å². The van der Waals surface area contributed by atoms with Gasteiger partial charge in [-0.3, -0.25) is 0 Å². The van der Waals surface area contributed by atoms with Crippen molar-refractivity contribution in [1.29, 1.82) is 0 Å². The monoisotopic (exact) mass is 429 g/mol. The maximum atomic E-state index is 12.2. The molecule has 164 valence electrons. The number of nitrogens with zero attached hydrogens (tertiary/aromatic N) is 3. The van der Waals surface area contributed by atoms with Crippen LogP contribution >= 0.6 is 11.6 Å². The van der Waals surface area contributed by atoms with Gasteiger partial charge in [-0.15, -0.1) is 11.6 Å². The molecular formula is C25H36ClN3O. The van der Waals surface area contributed by atoms with Gasteiger partial charge in [0.05, 0.1) is 0 Å². The first-order valence-electron chi connectivity index (χ1n) is 10.9. The summed E-state index contributed by atoms with van der Waals surface area (Å²) in [6.07, 6.45) is 2.97. The fourth-order valence-electron chi connectivity index (χ4n) is 4.52. The van der Waals surface area contributed by atoms with Crippen LogP contribution in [-0.4, -0.2) is 63.7 Å². The summed E-state index contributed by atoms with van der Waals surface area (Å²) in [6, 6.07) is 16.8. The molecule has 1 heterocycles. The van der Waals surface area contributed by atoms with Crippen molar-refractivity contribution in [1.82, 2.24) is 4.90 Å². The Bertz CT molecular complexity index is 730. The minimum absolute atomic E-state index is 0.181. The minimum atomic E-state index is -0.992. The maximum Gasteiger partial charge on any atom is 0.117 e. The van der Waals surface area contributed by atoms with Crippen molar-refractivity contribution in [3.05, 3.63) is 59.7 Å². The molecule has 1 aliphatic rings. The van der Waals surface area contributed by atoms with Crippen LogP contribution in [0.15, 0.2) is 48.5 Å². The zero-order valence-electron chi connectivity index (χ0n) is 18.8. The number of piperidine rings is 1. The Balaban J connectivity index is 1.92. The molecule has 2 aromatic carbocycles. The SMILES string of the molecule is CN(C)c1ccc(C(O)(c2ccc(N(C)C)cc2)C2CCN(CCCCl)CC2)cc1. The van der Waals surface area contributed by atoms with Gasteiger partial charge in [-0.2, -0.15) is 0 Å². The van der Waals surface area contributed by atoms with Crippen molar-refractivity contribution in [2.45, 2.75) is 24.9 Å². The molecule has 0 amide bonds. The van der Waals surface area contributed by atoms with E-state index in [0.29, 0.717) is 5.88 Å². The van der Waals surface area contributed by atoms with Gasteiger partial charge in [0.15, 0.2) is 0 Å². The standard InChI is InChI=1S/C25H36ClN3O/c1-27(2)23-10-6-20(7-11-23)25(30,21-8-12-24(13-9-21)28(3)4)22-14-18-29(19-15-22)17-5-16-26/h6-13,22,30H,5,14-19H2,1-4H3. The predicted octanol–water partition coefficient (Wildman–Crippen LogP) is 4.40. The lowest BCUT2D eigenvalue weighted by molar-refractivity contribution is -0.0140. The molecule has 0 aliphatic carbocycles. The van der Waals surface area contributed by atoms with Crippen LogP contribution in [0.2, 0.25) is 0 Å². The fraction of sp³-hybridized carbons (Fsp3) is 0.520. The summed E-state index contributed by atoms with van der Waals surface area (Å²) in [4.78, 5) is 6.65. The minimum Gasteiger partial charge on any atom is -0.380 e. The van der Waals surface area contributed by atoms with E-state index in [-0.39, 0.29) is 5.92 Å². The number of anilines is 2. The summed E-state index contributed by atoms with van der Waals surface area (Å²) < 4.78 is 0. The normalized spacial score (nSPS) is 15.9. The van der Waals surface area contributed by atoms with E-state index in [1.54, 1.807) is 0 Å². The van der Waals surface area contributed by atoms with Crippen LogP contribution in [-0.2, 0) is 5.60 Å². The van der Waals surface area contributed by atoms with Gasteiger partial charge in [-0.1, -0.05) is 24.3 Å². The maximum absolute atomic E-state index is 12.2. The van der Waals surface area contributed by atoms with Crippen LogP contribution in [0, 0.1) is 5.92 Å². The number of halogens is 1. The number of alkyl halides is 1. The molecule has 0 aromatic heterocycles. The Morgan fingerprint density at radius 1 is 0.867 bits per heavy atom. The molecule has 0 saturated carbocycles. The summed E-state index contributed by atoms with van der Waals surface area (Å²) in [5, 5.41) is 12.2. The molecule has 0 atom stereocenters. The van der Waals surface area contributed by atoms with Crippen LogP contribution in [0.5, 0.6) is 0 Å². The van der Waals surface area contributed by atoms with Crippen LogP contribution in [0.25, 0.3) is 0 Å². The molecule has 4 nitrogen and oxygen atoms in total. The largest absolute Gasteiger partial charge is 0.380 e. The molecular weight excluding hydrogens is 394 g/mol. The van der Waals surface area contributed by atoms with E-state index in [1.165, 1.54) is 0 Å². The highest BCUT2D eigenvalue weighted by molar-refractivity contribution is 6.17. The Morgan fingerprint density at radius 2 is 1.30 bits per heavy atom. The summed E-state index contributed by atoms with van der Waals surface area (Å²) >= 11 is 5.88. The molecule has 0 bridgehead atoms. The first-order valence-corrected chi connectivity index (χ1v) is 11.5. The third-order valence-corrected chi connectivity index (χ3v) is 6.70. The van der Waals surface area contributed by atoms with Crippen molar-refractivity contribution in [2.75, 3.05) is 63.5 Å². The van der Waals surface area contributed by atoms with E-state index < -0.39 is 5.60 Å². The third-order valence-electron chi connectivity index (χ3n) is 6.43. The average molecular weight is 430 g/mol. The molecule has 2 aromatic rings. The molecule has 3 rings (SSSR count). The zero-order chi connectivity index (χ0) is 21.7. The molecule has 0 unspecified atom stereocenters. The summed E-state index contributed by atoms with van der Waals surface area (Å²) in [6.45, 7) is 3.06. The quantitative estimate of drug-likeness (QED) is 0.630. The molecule has 30 heavy (non-hydrogen) atoms. The van der Waals surface area contributed by atoms with Gasteiger partial charge < -0.3 is 19.8 Å². The highest BCUT2D eigenvalue weighted by atomic mass is 35.5. The average Bonchev–Trinajstić information content (AvgIpc) is 2.77. The predicted molar refractivity (Wildman–Crippen MR) is 129 cm³/mol. The Kier molecular flexibility index (Phi) is 7.67. The summed E-state index contributed by atoms with van der Waals surface area (Å²) in [7, 11) is 8.16. The number of hydrogen-bond donors (Lipinski definition) is 1. The first kappa shape index (κ1) is 22.9. The topological polar surface area (TPSA) is 30.0 Å². The lowest BCUT2D eigenvalue weighted by Gasteiger charge is -2.42. The van der Waals surface area contributed by atoms with Crippen molar-refractivity contribution < 1.29 is 5.11 Å². The second kappa shape index (κ2) is 10.0. The second-order valence-corrected chi connectivity index (χ2v) is 9.19. The third kappa shape index (κ3) is 4.93. The fourth-order valence-corrected chi connectivity index (χ4v) is 4.64. The lowest BCUT2D eigenvalue weighted by Crippen LogP contribution is -2.44. The number of rotatable bonds is 8. The van der Waals surface area contributed by atoms with Gasteiger partial charge in [-0.25, -0.2) is 0 Å². The van der Waals surface area contributed by atoms with Crippen LogP contribution < -0.4 is 9.80 Å². The number of benzene rings is 2. The van der Waals surface area contributed by atoms with E-state index in [1.807, 2.05) is 28.2 Å². The van der Waals surface area contributed by atoms with Gasteiger partial charge in [-0.05, 0) is 80.2 Å². The molecule has 0 spiro atoms. The molecule has 1 saturated heterocycles. The van der Waals surface area contributed by atoms with E-state index >= 15 is 0 Å². The highest BCUT2D eigenvalue weighted by Crippen LogP contribution is 2.42. The molecule has 1 fully saturated rings. The smallest absolute Gasteiger partial charge is 0.117 e. The van der Waals surface area contributed by atoms with Crippen molar-refractivity contribution >= 4 is 23.0 Å². The lowest BCUT2D eigenvalue weighted by atomic mass is 9.72. The van der Waals surface area contributed by atoms with Crippen LogP contribution in [0.3, 0.4) is 0 Å². The van der Waals surface area contributed by atoms with Gasteiger partial charge in [0, 0.05) is 45.4 Å². The van der Waals surface area contributed by atoms with E-state index in [2.05, 4.69) is 63.2 Å². The number of aliphatic hydroxyl groups is 1. The molecule has 1 aliphatic heterocycles. The Morgan fingerprint density at radius 3 is 1.67 bits per heavy atom. The van der Waals surface area contributed by atoms with Gasteiger partial charge in [0.1, 0.15) is 5.60 Å². The van der Waals surface area contributed by atoms with Crippen molar-refractivity contribution in [3.8, 4) is 0 Å². The van der Waals surface area contributed by atoms with Crippen molar-refractivity contribution in [3.63, 3.8) is 0 Å². The van der Waals surface area contributed by atoms with E-state index in [4.69, 9.17) is 11.6 Å². The van der Waals surface area contributed by atoms with Gasteiger partial charge in [0.2, 0.25) is 0 Å². The van der Waals surface area contributed by atoms with Gasteiger partial charge >= 0.3 is 0 Å². The summed E-state index contributed by atoms with van der Waals surface area (Å²) in [5.74, 6) is 0.889. The zero-order valence-corrected chi connectivity index (χ0v) is 19.6. The number of hydrogen-bond acceptors (Lipinski definition) is 4. The van der Waals surface area contributed by atoms with E-state index in [0.717, 1.165) is 61.4 Å². The molecule has 0 radical (unpaired) electrons. The molecule has 5 heteroatoms. The summed E-state index contributed by atoms with van der Waals surface area (Å²) in [5.41, 5.74) is 3.24.